The van der Waals surface area contributed by atoms with Gasteiger partial charge in [0.05, 0.1) is 0 Å². The van der Waals surface area contributed by atoms with Gasteiger partial charge in [0, 0.05) is 12.8 Å². The van der Waals surface area contributed by atoms with Gasteiger partial charge in [-0.2, -0.15) is 0 Å². The maximum atomic E-state index is 4.33. The standard InChI is InChI=1S/C9H17N.2C5H5.Zr/c1-6-8(2)7-10-9(3,4)5;2*1-2-4-5-3-1;/h6-7H,1-5H3;2*1-5H;/q-2;;;+2/b8-7-;;;. The molecule has 2 heteroatoms. The fourth-order valence-electron chi connectivity index (χ4n) is 1.01. The van der Waals surface area contributed by atoms with Crippen molar-refractivity contribution in [2.75, 3.05) is 0 Å². The Bertz CT molecular complexity index is 337. The van der Waals surface area contributed by atoms with Crippen LogP contribution in [0, 0.1) is 19.3 Å². The van der Waals surface area contributed by atoms with Crippen molar-refractivity contribution in [1.29, 1.82) is 0 Å². The largest absolute Gasteiger partial charge is 2.00 e. The molecule has 0 bridgehead atoms. The average molecular weight is 361 g/mol. The minimum absolute atomic E-state index is 0. The van der Waals surface area contributed by atoms with E-state index in [2.05, 4.69) is 39.4 Å². The minimum atomic E-state index is 0. The molecule has 1 nitrogen and oxygen atoms in total. The minimum Gasteiger partial charge on any atom is -0.771 e. The Balaban J connectivity index is 0. The van der Waals surface area contributed by atoms with Crippen molar-refractivity contribution in [2.45, 2.75) is 40.2 Å². The van der Waals surface area contributed by atoms with Crippen LogP contribution in [0.25, 0.3) is 5.32 Å². The van der Waals surface area contributed by atoms with Crippen LogP contribution >= 0.6 is 0 Å². The molecule has 0 saturated heterocycles. The molecular weight excluding hydrogens is 333 g/mol. The van der Waals surface area contributed by atoms with Crippen LogP contribution in [0.1, 0.15) is 34.6 Å². The molecule has 0 N–H and O–H groups in total. The van der Waals surface area contributed by atoms with Gasteiger partial charge in [-0.1, -0.05) is 76.3 Å². The molecule has 0 aliphatic heterocycles. The Hall–Kier alpha value is -0.747. The summed E-state index contributed by atoms with van der Waals surface area (Å²) in [5, 5.41) is 4.33. The molecule has 0 atom stereocenters. The number of hydrogen-bond acceptors (Lipinski definition) is 0. The Kier molecular flexibility index (Phi) is 15.2. The maximum Gasteiger partial charge on any atom is 2.00 e. The summed E-state index contributed by atoms with van der Waals surface area (Å²) in [6.45, 7) is 10.3. The van der Waals surface area contributed by atoms with Crippen molar-refractivity contribution in [3.63, 3.8) is 0 Å². The van der Waals surface area contributed by atoms with Crippen LogP contribution in [0.15, 0.2) is 60.4 Å². The number of allylic oxidation sites excluding steroid dienone is 9. The molecule has 2 radical (unpaired) electrons. The molecule has 0 aromatic carbocycles. The molecule has 2 aliphatic rings. The summed E-state index contributed by atoms with van der Waals surface area (Å²) in [6, 6.07) is 0. The van der Waals surface area contributed by atoms with E-state index in [1.807, 2.05) is 74.6 Å². The number of nitrogens with zero attached hydrogens (tertiary/aromatic N) is 1. The summed E-state index contributed by atoms with van der Waals surface area (Å²) in [5.41, 5.74) is 1.28. The smallest absolute Gasteiger partial charge is 0.771 e. The van der Waals surface area contributed by atoms with Crippen molar-refractivity contribution in [2.24, 2.45) is 0 Å². The fraction of sp³-hybridized carbons (Fsp3) is 0.316. The molecule has 0 aromatic rings. The Morgan fingerprint density at radius 1 is 0.857 bits per heavy atom. The molecule has 0 spiro atoms. The van der Waals surface area contributed by atoms with Gasteiger partial charge in [0.2, 0.25) is 0 Å². The van der Waals surface area contributed by atoms with E-state index in [4.69, 9.17) is 0 Å². The van der Waals surface area contributed by atoms with Crippen LogP contribution in [0.4, 0.5) is 0 Å². The van der Waals surface area contributed by atoms with Gasteiger partial charge in [0.1, 0.15) is 0 Å². The van der Waals surface area contributed by atoms with E-state index in [9.17, 15) is 0 Å². The van der Waals surface area contributed by atoms with E-state index in [-0.39, 0.29) is 31.7 Å². The van der Waals surface area contributed by atoms with Crippen molar-refractivity contribution < 1.29 is 26.2 Å². The van der Waals surface area contributed by atoms with Gasteiger partial charge in [-0.25, -0.2) is 12.0 Å². The maximum absolute atomic E-state index is 4.33. The molecular formula is C19H27NZr. The van der Waals surface area contributed by atoms with Crippen LogP contribution < -0.4 is 0 Å². The van der Waals surface area contributed by atoms with Crippen LogP contribution in [-0.2, 0) is 26.2 Å². The molecule has 0 aromatic heterocycles. The summed E-state index contributed by atoms with van der Waals surface area (Å²) in [7, 11) is 0. The third-order valence-corrected chi connectivity index (χ3v) is 2.22. The summed E-state index contributed by atoms with van der Waals surface area (Å²) in [6.07, 6.45) is 24.0. The summed E-state index contributed by atoms with van der Waals surface area (Å²) >= 11 is 0. The van der Waals surface area contributed by atoms with E-state index in [0.29, 0.717) is 0 Å². The quantitative estimate of drug-likeness (QED) is 0.543. The fourth-order valence-corrected chi connectivity index (χ4v) is 1.01. The van der Waals surface area contributed by atoms with Crippen molar-refractivity contribution >= 4 is 0 Å². The van der Waals surface area contributed by atoms with Gasteiger partial charge in [-0.05, 0) is 0 Å². The third kappa shape index (κ3) is 19.3. The van der Waals surface area contributed by atoms with Gasteiger partial charge >= 0.3 is 26.2 Å². The first kappa shape index (κ1) is 22.5. The van der Waals surface area contributed by atoms with E-state index >= 15 is 0 Å². The van der Waals surface area contributed by atoms with Gasteiger partial charge in [-0.3, -0.25) is 0 Å². The Morgan fingerprint density at radius 2 is 1.24 bits per heavy atom. The van der Waals surface area contributed by atoms with Gasteiger partial charge in [-0.15, -0.1) is 12.5 Å². The third-order valence-electron chi connectivity index (χ3n) is 2.22. The second kappa shape index (κ2) is 14.2. The molecule has 0 unspecified atom stereocenters. The van der Waals surface area contributed by atoms with Crippen LogP contribution in [-0.4, -0.2) is 5.54 Å². The SMILES string of the molecule is C[CH-]/C(C)=C\[N-]C(C)(C)C.[CH]1C=CC=C1.[CH]1C=CC=C1.[Zr+2]. The zero-order valence-corrected chi connectivity index (χ0v) is 16.3. The van der Waals surface area contributed by atoms with Crippen molar-refractivity contribution in [1.82, 2.24) is 0 Å². The first-order chi connectivity index (χ1) is 9.45. The van der Waals surface area contributed by atoms with Crippen LogP contribution in [0.2, 0.25) is 0 Å². The topological polar surface area (TPSA) is 14.1 Å². The first-order valence-electron chi connectivity index (χ1n) is 6.97. The molecule has 0 amide bonds. The average Bonchev–Trinajstić information content (AvgIpc) is 3.10. The van der Waals surface area contributed by atoms with Crippen LogP contribution in [0.3, 0.4) is 0 Å². The van der Waals surface area contributed by atoms with E-state index in [1.165, 1.54) is 5.57 Å². The zero-order chi connectivity index (χ0) is 15.3. The normalized spacial score (nSPS) is 14.6. The summed E-state index contributed by atoms with van der Waals surface area (Å²) in [5.74, 6) is 0. The monoisotopic (exact) mass is 359 g/mol. The van der Waals surface area contributed by atoms with Crippen molar-refractivity contribution in [3.05, 3.63) is 85.0 Å². The second-order valence-electron chi connectivity index (χ2n) is 5.39. The van der Waals surface area contributed by atoms with Crippen LogP contribution in [0.5, 0.6) is 0 Å². The Morgan fingerprint density at radius 3 is 1.43 bits per heavy atom. The van der Waals surface area contributed by atoms with Crippen molar-refractivity contribution in [3.8, 4) is 0 Å². The summed E-state index contributed by atoms with van der Waals surface area (Å²) < 4.78 is 0. The predicted molar refractivity (Wildman–Crippen MR) is 92.0 cm³/mol. The molecule has 0 fully saturated rings. The van der Waals surface area contributed by atoms with E-state index < -0.39 is 0 Å². The molecule has 112 valence electrons. The van der Waals surface area contributed by atoms with E-state index in [1.54, 1.807) is 0 Å². The first-order valence-corrected chi connectivity index (χ1v) is 6.97. The zero-order valence-electron chi connectivity index (χ0n) is 13.9. The van der Waals surface area contributed by atoms with Gasteiger partial charge < -0.3 is 11.5 Å². The molecule has 21 heavy (non-hydrogen) atoms. The number of hydrogen-bond donors (Lipinski definition) is 0. The molecule has 0 heterocycles. The van der Waals surface area contributed by atoms with E-state index in [0.717, 1.165) is 0 Å². The Labute approximate surface area is 151 Å². The predicted octanol–water partition coefficient (Wildman–Crippen LogP) is 5.92. The van der Waals surface area contributed by atoms with Gasteiger partial charge in [0.15, 0.2) is 0 Å². The second-order valence-corrected chi connectivity index (χ2v) is 5.39. The van der Waals surface area contributed by atoms with Gasteiger partial charge in [0.25, 0.3) is 0 Å². The summed E-state index contributed by atoms with van der Waals surface area (Å²) in [4.78, 5) is 0. The molecule has 2 aliphatic carbocycles. The molecule has 2 rings (SSSR count). The molecule has 0 saturated carbocycles. The number of rotatable bonds is 2.